The van der Waals surface area contributed by atoms with Crippen LogP contribution >= 0.6 is 15.9 Å². The normalized spacial score (nSPS) is 10.4. The molecule has 0 bridgehead atoms. The molecule has 0 fully saturated rings. The topological polar surface area (TPSA) is 21.3 Å². The zero-order valence-corrected chi connectivity index (χ0v) is 12.8. The molecule has 0 saturated heterocycles. The third kappa shape index (κ3) is 4.83. The molecule has 0 heterocycles. The third-order valence-electron chi connectivity index (χ3n) is 2.71. The highest BCUT2D eigenvalue weighted by Gasteiger charge is 2.08. The maximum Gasteiger partial charge on any atom is 0.138 e. The Bertz CT molecular complexity index is 390. The van der Waals surface area contributed by atoms with Gasteiger partial charge in [0.05, 0.1) is 4.47 Å². The van der Waals surface area contributed by atoms with Crippen molar-refractivity contribution in [3.63, 3.8) is 0 Å². The number of rotatable bonds is 8. The highest BCUT2D eigenvalue weighted by molar-refractivity contribution is 9.10. The van der Waals surface area contributed by atoms with E-state index < -0.39 is 0 Å². The minimum Gasteiger partial charge on any atom is -0.488 e. The zero-order chi connectivity index (χ0) is 13.4. The number of benzene rings is 1. The molecule has 0 radical (unpaired) electrons. The third-order valence-corrected chi connectivity index (χ3v) is 3.34. The van der Waals surface area contributed by atoms with Gasteiger partial charge < -0.3 is 10.1 Å². The molecule has 0 aliphatic heterocycles. The summed E-state index contributed by atoms with van der Waals surface area (Å²) in [7, 11) is 0. The number of hydrogen-bond acceptors (Lipinski definition) is 2. The van der Waals surface area contributed by atoms with E-state index in [1.54, 1.807) is 0 Å². The Labute approximate surface area is 119 Å². The van der Waals surface area contributed by atoms with Crippen LogP contribution in [0.5, 0.6) is 5.75 Å². The summed E-state index contributed by atoms with van der Waals surface area (Å²) in [6.07, 6.45) is 2.09. The van der Waals surface area contributed by atoms with Crippen molar-refractivity contribution in [3.8, 4) is 5.75 Å². The summed E-state index contributed by atoms with van der Waals surface area (Å²) in [6.45, 7) is 10.7. The lowest BCUT2D eigenvalue weighted by Gasteiger charge is -2.14. The molecule has 0 saturated carbocycles. The van der Waals surface area contributed by atoms with Crippen LogP contribution in [-0.4, -0.2) is 13.2 Å². The van der Waals surface area contributed by atoms with E-state index in [1.807, 2.05) is 12.1 Å². The maximum atomic E-state index is 5.86. The molecular weight excluding hydrogens is 290 g/mol. The second-order valence-corrected chi connectivity index (χ2v) is 5.15. The molecule has 3 heteroatoms. The highest BCUT2D eigenvalue weighted by Crippen LogP contribution is 2.29. The Morgan fingerprint density at radius 3 is 2.83 bits per heavy atom. The smallest absolute Gasteiger partial charge is 0.138 e. The zero-order valence-electron chi connectivity index (χ0n) is 11.3. The van der Waals surface area contributed by atoms with Gasteiger partial charge in [0.2, 0.25) is 0 Å². The molecule has 0 spiro atoms. The van der Waals surface area contributed by atoms with Crippen LogP contribution in [0, 0.1) is 0 Å². The predicted molar refractivity (Wildman–Crippen MR) is 81.1 cm³/mol. The van der Waals surface area contributed by atoms with Crippen molar-refractivity contribution in [2.24, 2.45) is 0 Å². The Hall–Kier alpha value is -0.800. The molecule has 0 unspecified atom stereocenters. The lowest BCUT2D eigenvalue weighted by molar-refractivity contribution is 0.342. The second-order valence-electron chi connectivity index (χ2n) is 4.30. The van der Waals surface area contributed by atoms with Gasteiger partial charge in [-0.25, -0.2) is 0 Å². The summed E-state index contributed by atoms with van der Waals surface area (Å²) in [5.74, 6) is 0.927. The molecule has 0 amide bonds. The molecule has 1 aromatic carbocycles. The molecule has 100 valence electrons. The summed E-state index contributed by atoms with van der Waals surface area (Å²) in [4.78, 5) is 0. The largest absolute Gasteiger partial charge is 0.488 e. The lowest BCUT2D eigenvalue weighted by Crippen LogP contribution is -2.15. The molecule has 0 aromatic heterocycles. The minimum atomic E-state index is 0.583. The number of nitrogens with one attached hydrogen (secondary N) is 1. The second kappa shape index (κ2) is 8.33. The Morgan fingerprint density at radius 1 is 1.39 bits per heavy atom. The van der Waals surface area contributed by atoms with Gasteiger partial charge in [0.1, 0.15) is 12.4 Å². The van der Waals surface area contributed by atoms with Crippen LogP contribution in [-0.2, 0) is 6.54 Å². The number of ether oxygens (including phenoxy) is 1. The summed E-state index contributed by atoms with van der Waals surface area (Å²) in [6, 6.07) is 6.14. The fourth-order valence-corrected chi connectivity index (χ4v) is 2.05. The Balaban J connectivity index is 2.70. The van der Waals surface area contributed by atoms with Gasteiger partial charge in [0.15, 0.2) is 0 Å². The van der Waals surface area contributed by atoms with Crippen molar-refractivity contribution >= 4 is 15.9 Å². The van der Waals surface area contributed by atoms with Gasteiger partial charge in [-0.3, -0.25) is 0 Å². The molecule has 0 atom stereocenters. The van der Waals surface area contributed by atoms with E-state index in [1.165, 1.54) is 5.56 Å². The van der Waals surface area contributed by atoms with Crippen LogP contribution in [0.3, 0.4) is 0 Å². The summed E-state index contributed by atoms with van der Waals surface area (Å²) in [5, 5.41) is 3.40. The first-order chi connectivity index (χ1) is 8.69. The quantitative estimate of drug-likeness (QED) is 0.571. The highest BCUT2D eigenvalue weighted by atomic mass is 79.9. The van der Waals surface area contributed by atoms with Crippen molar-refractivity contribution in [1.82, 2.24) is 5.32 Å². The van der Waals surface area contributed by atoms with E-state index in [9.17, 15) is 0 Å². The van der Waals surface area contributed by atoms with Gasteiger partial charge in [-0.05, 0) is 47.0 Å². The van der Waals surface area contributed by atoms with Crippen LogP contribution < -0.4 is 10.1 Å². The molecule has 1 N–H and O–H groups in total. The molecule has 0 aliphatic rings. The van der Waals surface area contributed by atoms with Crippen molar-refractivity contribution in [3.05, 3.63) is 40.4 Å². The van der Waals surface area contributed by atoms with Gasteiger partial charge in [0.25, 0.3) is 0 Å². The Morgan fingerprint density at radius 2 is 2.17 bits per heavy atom. The fourth-order valence-electron chi connectivity index (χ4n) is 1.53. The van der Waals surface area contributed by atoms with E-state index >= 15 is 0 Å². The molecular formula is C15H22BrNO. The first kappa shape index (κ1) is 15.3. The number of halogens is 1. The monoisotopic (exact) mass is 311 g/mol. The Kier molecular flexibility index (Phi) is 7.06. The molecule has 1 rings (SSSR count). The predicted octanol–water partition coefficient (Wildman–Crippen LogP) is 4.29. The lowest BCUT2D eigenvalue weighted by atomic mass is 10.2. The van der Waals surface area contributed by atoms with Crippen LogP contribution in [0.2, 0.25) is 0 Å². The maximum absolute atomic E-state index is 5.86. The summed E-state index contributed by atoms with van der Waals surface area (Å²) < 4.78 is 6.87. The van der Waals surface area contributed by atoms with Gasteiger partial charge in [-0.1, -0.05) is 32.6 Å². The van der Waals surface area contributed by atoms with Crippen LogP contribution in [0.15, 0.2) is 34.8 Å². The fraction of sp³-hybridized carbons (Fsp3) is 0.467. The SMILES string of the molecule is C=C(CC)COc1c(Br)cccc1CNCCC. The summed E-state index contributed by atoms with van der Waals surface area (Å²) >= 11 is 3.55. The standard InChI is InChI=1S/C15H22BrNO/c1-4-9-17-10-13-7-6-8-14(16)15(13)18-11-12(3)5-2/h6-8,17H,3-5,9-11H2,1-2H3. The molecule has 0 aliphatic carbocycles. The van der Waals surface area contributed by atoms with Crippen molar-refractivity contribution in [2.75, 3.05) is 13.2 Å². The van der Waals surface area contributed by atoms with Crippen LogP contribution in [0.25, 0.3) is 0 Å². The van der Waals surface area contributed by atoms with Crippen LogP contribution in [0.4, 0.5) is 0 Å². The first-order valence-corrected chi connectivity index (χ1v) is 7.25. The molecule has 2 nitrogen and oxygen atoms in total. The number of para-hydroxylation sites is 1. The van der Waals surface area contributed by atoms with Crippen molar-refractivity contribution in [2.45, 2.75) is 33.2 Å². The van der Waals surface area contributed by atoms with Gasteiger partial charge in [-0.15, -0.1) is 0 Å². The van der Waals surface area contributed by atoms with Gasteiger partial charge in [-0.2, -0.15) is 0 Å². The average molecular weight is 312 g/mol. The van der Waals surface area contributed by atoms with Crippen molar-refractivity contribution < 1.29 is 4.74 Å². The van der Waals surface area contributed by atoms with E-state index in [0.717, 1.165) is 41.7 Å². The van der Waals surface area contributed by atoms with E-state index in [-0.39, 0.29) is 0 Å². The summed E-state index contributed by atoms with van der Waals surface area (Å²) in [5.41, 5.74) is 2.29. The van der Waals surface area contributed by atoms with Gasteiger partial charge in [0, 0.05) is 12.1 Å². The van der Waals surface area contributed by atoms with Crippen LogP contribution in [0.1, 0.15) is 32.3 Å². The first-order valence-electron chi connectivity index (χ1n) is 6.46. The van der Waals surface area contributed by atoms with E-state index in [2.05, 4.69) is 47.7 Å². The molecule has 1 aromatic rings. The van der Waals surface area contributed by atoms with Crippen molar-refractivity contribution in [1.29, 1.82) is 0 Å². The van der Waals surface area contributed by atoms with Gasteiger partial charge >= 0.3 is 0 Å². The number of hydrogen-bond donors (Lipinski definition) is 1. The minimum absolute atomic E-state index is 0.583. The molecule has 18 heavy (non-hydrogen) atoms. The average Bonchev–Trinajstić information content (AvgIpc) is 2.38. The van der Waals surface area contributed by atoms with E-state index in [4.69, 9.17) is 4.74 Å². The van der Waals surface area contributed by atoms with E-state index in [0.29, 0.717) is 6.61 Å².